The molecule has 3 aromatic rings. The monoisotopic (exact) mass is 376 g/mol. The van der Waals surface area contributed by atoms with E-state index in [4.69, 9.17) is 0 Å². The number of aryl methyl sites for hydroxylation is 1. The molecule has 1 amide bonds. The van der Waals surface area contributed by atoms with Gasteiger partial charge in [-0.05, 0) is 41.6 Å². The number of benzene rings is 1. The van der Waals surface area contributed by atoms with Crippen molar-refractivity contribution in [2.45, 2.75) is 32.4 Å². The van der Waals surface area contributed by atoms with E-state index in [9.17, 15) is 9.59 Å². The minimum absolute atomic E-state index is 0.00487. The Balaban J connectivity index is 1.55. The molecule has 1 aliphatic rings. The molecule has 0 aliphatic carbocycles. The first kappa shape index (κ1) is 17.6. The number of fused-ring (bicyclic) bond motifs is 1. The van der Waals surface area contributed by atoms with Gasteiger partial charge >= 0.3 is 0 Å². The SMILES string of the molecule is Cc1ccc(CC(=O)CC(c2cccs2)N2Cc3ccccc3C2=O)nc1. The number of ketones is 1. The molecule has 4 rings (SSSR count). The molecular weight excluding hydrogens is 356 g/mol. The molecule has 1 aliphatic heterocycles. The van der Waals surface area contributed by atoms with Gasteiger partial charge in [-0.2, -0.15) is 0 Å². The number of carbonyl (C=O) groups is 2. The third-order valence-electron chi connectivity index (χ3n) is 4.87. The van der Waals surface area contributed by atoms with Crippen molar-refractivity contribution in [1.82, 2.24) is 9.88 Å². The summed E-state index contributed by atoms with van der Waals surface area (Å²) in [6, 6.07) is 15.3. The Bertz CT molecular complexity index is 964. The topological polar surface area (TPSA) is 50.3 Å². The van der Waals surface area contributed by atoms with Gasteiger partial charge in [-0.15, -0.1) is 11.3 Å². The van der Waals surface area contributed by atoms with Crippen LogP contribution in [0.15, 0.2) is 60.1 Å². The van der Waals surface area contributed by atoms with Crippen LogP contribution in [0, 0.1) is 6.92 Å². The quantitative estimate of drug-likeness (QED) is 0.643. The van der Waals surface area contributed by atoms with E-state index in [0.29, 0.717) is 13.0 Å². The van der Waals surface area contributed by atoms with Crippen LogP contribution in [0.2, 0.25) is 0 Å². The standard InChI is InChI=1S/C22H20N2O2S/c1-15-8-9-17(23-13-15)11-18(25)12-20(21-7-4-10-27-21)24-14-16-5-2-3-6-19(16)22(24)26/h2-10,13,20H,11-12,14H2,1H3. The summed E-state index contributed by atoms with van der Waals surface area (Å²) in [6.07, 6.45) is 2.37. The highest BCUT2D eigenvalue weighted by molar-refractivity contribution is 7.10. The van der Waals surface area contributed by atoms with Crippen molar-refractivity contribution in [2.75, 3.05) is 0 Å². The Kier molecular flexibility index (Phi) is 4.86. The van der Waals surface area contributed by atoms with E-state index in [0.717, 1.165) is 27.3 Å². The number of pyridine rings is 1. The molecule has 5 heteroatoms. The van der Waals surface area contributed by atoms with E-state index in [1.807, 2.05) is 65.7 Å². The maximum absolute atomic E-state index is 12.9. The molecular formula is C22H20N2O2S. The van der Waals surface area contributed by atoms with Crippen LogP contribution in [-0.2, 0) is 17.8 Å². The highest BCUT2D eigenvalue weighted by Crippen LogP contribution is 2.35. The molecule has 0 saturated heterocycles. The largest absolute Gasteiger partial charge is 0.326 e. The van der Waals surface area contributed by atoms with Gasteiger partial charge in [0.15, 0.2) is 0 Å². The number of rotatable bonds is 6. The second kappa shape index (κ2) is 7.45. The number of carbonyl (C=O) groups excluding carboxylic acids is 2. The molecule has 1 aromatic carbocycles. The lowest BCUT2D eigenvalue weighted by Gasteiger charge is -2.26. The Morgan fingerprint density at radius 1 is 1.19 bits per heavy atom. The average molecular weight is 376 g/mol. The summed E-state index contributed by atoms with van der Waals surface area (Å²) >= 11 is 1.59. The van der Waals surface area contributed by atoms with Crippen molar-refractivity contribution in [3.63, 3.8) is 0 Å². The Morgan fingerprint density at radius 3 is 2.74 bits per heavy atom. The third-order valence-corrected chi connectivity index (χ3v) is 5.84. The van der Waals surface area contributed by atoms with E-state index >= 15 is 0 Å². The van der Waals surface area contributed by atoms with Gasteiger partial charge in [0.05, 0.1) is 6.04 Å². The lowest BCUT2D eigenvalue weighted by molar-refractivity contribution is -0.119. The molecule has 0 radical (unpaired) electrons. The van der Waals surface area contributed by atoms with Gasteiger partial charge in [0.25, 0.3) is 5.91 Å². The van der Waals surface area contributed by atoms with Crippen LogP contribution in [-0.4, -0.2) is 21.6 Å². The molecule has 27 heavy (non-hydrogen) atoms. The molecule has 0 fully saturated rings. The zero-order chi connectivity index (χ0) is 18.8. The van der Waals surface area contributed by atoms with Crippen LogP contribution in [0.4, 0.5) is 0 Å². The van der Waals surface area contributed by atoms with E-state index in [-0.39, 0.29) is 24.2 Å². The lowest BCUT2D eigenvalue weighted by Crippen LogP contribution is -2.30. The fourth-order valence-corrected chi connectivity index (χ4v) is 4.31. The van der Waals surface area contributed by atoms with Crippen molar-refractivity contribution in [1.29, 1.82) is 0 Å². The van der Waals surface area contributed by atoms with Gasteiger partial charge in [-0.3, -0.25) is 14.6 Å². The number of aromatic nitrogens is 1. The van der Waals surface area contributed by atoms with E-state index in [1.165, 1.54) is 0 Å². The first-order valence-electron chi connectivity index (χ1n) is 8.97. The van der Waals surface area contributed by atoms with E-state index in [2.05, 4.69) is 4.98 Å². The number of hydrogen-bond donors (Lipinski definition) is 0. The second-order valence-electron chi connectivity index (χ2n) is 6.87. The Morgan fingerprint density at radius 2 is 2.04 bits per heavy atom. The molecule has 0 spiro atoms. The fraction of sp³-hybridized carbons (Fsp3) is 0.227. The molecule has 136 valence electrons. The highest BCUT2D eigenvalue weighted by Gasteiger charge is 2.34. The first-order chi connectivity index (χ1) is 13.1. The number of amides is 1. The first-order valence-corrected chi connectivity index (χ1v) is 9.85. The zero-order valence-corrected chi connectivity index (χ0v) is 15.9. The van der Waals surface area contributed by atoms with Crippen LogP contribution >= 0.6 is 11.3 Å². The predicted molar refractivity (Wildman–Crippen MR) is 106 cm³/mol. The molecule has 4 nitrogen and oxygen atoms in total. The Labute approximate surface area is 162 Å². The van der Waals surface area contributed by atoms with Gasteiger partial charge in [-0.25, -0.2) is 0 Å². The van der Waals surface area contributed by atoms with Crippen LogP contribution in [0.25, 0.3) is 0 Å². The minimum atomic E-state index is -0.233. The molecule has 0 N–H and O–H groups in total. The second-order valence-corrected chi connectivity index (χ2v) is 7.85. The van der Waals surface area contributed by atoms with Crippen molar-refractivity contribution in [2.24, 2.45) is 0 Å². The summed E-state index contributed by atoms with van der Waals surface area (Å²) in [5.41, 5.74) is 3.61. The molecule has 0 saturated carbocycles. The van der Waals surface area contributed by atoms with Gasteiger partial charge in [0.2, 0.25) is 0 Å². The zero-order valence-electron chi connectivity index (χ0n) is 15.1. The van der Waals surface area contributed by atoms with Crippen molar-refractivity contribution in [3.8, 4) is 0 Å². The fourth-order valence-electron chi connectivity index (χ4n) is 3.47. The predicted octanol–water partition coefficient (Wildman–Crippen LogP) is 4.35. The van der Waals surface area contributed by atoms with Crippen molar-refractivity contribution in [3.05, 3.63) is 87.4 Å². The maximum Gasteiger partial charge on any atom is 0.255 e. The van der Waals surface area contributed by atoms with Gasteiger partial charge < -0.3 is 4.90 Å². The smallest absolute Gasteiger partial charge is 0.255 e. The van der Waals surface area contributed by atoms with Crippen molar-refractivity contribution >= 4 is 23.0 Å². The van der Waals surface area contributed by atoms with Crippen molar-refractivity contribution < 1.29 is 9.59 Å². The van der Waals surface area contributed by atoms with Crippen LogP contribution in [0.3, 0.4) is 0 Å². The summed E-state index contributed by atoms with van der Waals surface area (Å²) in [7, 11) is 0. The summed E-state index contributed by atoms with van der Waals surface area (Å²) in [5, 5.41) is 1.99. The maximum atomic E-state index is 12.9. The van der Waals surface area contributed by atoms with Crippen LogP contribution in [0.1, 0.15) is 44.5 Å². The lowest BCUT2D eigenvalue weighted by atomic mass is 10.0. The number of thiophene rings is 1. The van der Waals surface area contributed by atoms with Crippen LogP contribution < -0.4 is 0 Å². The normalized spacial score (nSPS) is 14.3. The summed E-state index contributed by atoms with van der Waals surface area (Å²) in [6.45, 7) is 2.52. The highest BCUT2D eigenvalue weighted by atomic mass is 32.1. The summed E-state index contributed by atoms with van der Waals surface area (Å²) < 4.78 is 0. The number of nitrogens with zero attached hydrogens (tertiary/aromatic N) is 2. The van der Waals surface area contributed by atoms with E-state index in [1.54, 1.807) is 17.5 Å². The minimum Gasteiger partial charge on any atom is -0.326 e. The number of hydrogen-bond acceptors (Lipinski definition) is 4. The molecule has 2 aromatic heterocycles. The van der Waals surface area contributed by atoms with Gasteiger partial charge in [-0.1, -0.05) is 30.3 Å². The molecule has 1 unspecified atom stereocenters. The third kappa shape index (κ3) is 3.69. The molecule has 0 bridgehead atoms. The average Bonchev–Trinajstić information content (AvgIpc) is 3.31. The molecule has 3 heterocycles. The summed E-state index contributed by atoms with van der Waals surface area (Å²) in [5.74, 6) is 0.0961. The summed E-state index contributed by atoms with van der Waals surface area (Å²) in [4.78, 5) is 32.9. The van der Waals surface area contributed by atoms with E-state index < -0.39 is 0 Å². The van der Waals surface area contributed by atoms with Crippen LogP contribution in [0.5, 0.6) is 0 Å². The van der Waals surface area contributed by atoms with Gasteiger partial charge in [0.1, 0.15) is 5.78 Å². The number of Topliss-reactive ketones (excluding diaryl/α,β-unsaturated/α-hetero) is 1. The van der Waals surface area contributed by atoms with Gasteiger partial charge in [0, 0.05) is 41.7 Å². The molecule has 1 atom stereocenters. The Hall–Kier alpha value is -2.79.